The van der Waals surface area contributed by atoms with Crippen molar-refractivity contribution in [1.29, 1.82) is 0 Å². The highest BCUT2D eigenvalue weighted by Gasteiger charge is 2.01. The molecule has 0 aliphatic carbocycles. The molecule has 0 radical (unpaired) electrons. The summed E-state index contributed by atoms with van der Waals surface area (Å²) in [5, 5.41) is 0. The van der Waals surface area contributed by atoms with Crippen molar-refractivity contribution >= 4 is 5.78 Å². The minimum atomic E-state index is -0.0163. The minimum Gasteiger partial charge on any atom is -0.328 e. The molecule has 0 saturated heterocycles. The van der Waals surface area contributed by atoms with Crippen LogP contribution in [-0.4, -0.2) is 11.8 Å². The third-order valence-corrected chi connectivity index (χ3v) is 0.922. The van der Waals surface area contributed by atoms with Gasteiger partial charge in [-0.1, -0.05) is 6.08 Å². The molecule has 0 fully saturated rings. The number of ketones is 1. The van der Waals surface area contributed by atoms with Crippen LogP contribution in [0.3, 0.4) is 0 Å². The summed E-state index contributed by atoms with van der Waals surface area (Å²) in [5.74, 6) is 0.167. The summed E-state index contributed by atoms with van der Waals surface area (Å²) >= 11 is 0. The molecule has 0 aromatic heterocycles. The monoisotopic (exact) mass is 127 g/mol. The Morgan fingerprint density at radius 2 is 2.44 bits per heavy atom. The smallest absolute Gasteiger partial charge is 0.138 e. The lowest BCUT2D eigenvalue weighted by Crippen LogP contribution is -2.18. The molecule has 52 valence electrons. The number of carbonyl (C=O) groups excluding carboxylic acids is 1. The first-order chi connectivity index (χ1) is 4.16. The predicted octanol–water partition coefficient (Wildman–Crippen LogP) is 0.869. The zero-order valence-corrected chi connectivity index (χ0v) is 5.76. The van der Waals surface area contributed by atoms with Gasteiger partial charge in [0.25, 0.3) is 0 Å². The number of nitrogens with two attached hydrogens (primary N) is 1. The maximum absolute atomic E-state index is 10.7. The van der Waals surface area contributed by atoms with E-state index in [1.807, 2.05) is 6.92 Å². The van der Waals surface area contributed by atoms with E-state index in [1.54, 1.807) is 6.08 Å². The van der Waals surface area contributed by atoms with Crippen LogP contribution in [0.25, 0.3) is 0 Å². The minimum absolute atomic E-state index is 0.0163. The van der Waals surface area contributed by atoms with Gasteiger partial charge < -0.3 is 5.73 Å². The first-order valence-corrected chi connectivity index (χ1v) is 3.05. The first kappa shape index (κ1) is 8.37. The van der Waals surface area contributed by atoms with E-state index in [4.69, 9.17) is 5.73 Å². The van der Waals surface area contributed by atoms with Crippen molar-refractivity contribution in [2.45, 2.75) is 25.8 Å². The van der Waals surface area contributed by atoms with E-state index in [1.165, 1.54) is 0 Å². The number of hydrogen-bond acceptors (Lipinski definition) is 2. The summed E-state index contributed by atoms with van der Waals surface area (Å²) < 4.78 is 0. The quantitative estimate of drug-likeness (QED) is 0.569. The van der Waals surface area contributed by atoms with E-state index in [-0.39, 0.29) is 11.8 Å². The Balaban J connectivity index is 3.38. The molecule has 1 unspecified atom stereocenters. The Bertz CT molecular complexity index is 107. The maximum Gasteiger partial charge on any atom is 0.138 e. The van der Waals surface area contributed by atoms with Gasteiger partial charge in [-0.05, 0) is 6.92 Å². The number of rotatable bonds is 4. The second kappa shape index (κ2) is 4.27. The van der Waals surface area contributed by atoms with E-state index in [0.717, 1.165) is 0 Å². The standard InChI is InChI=1S/C7H13NO/c1-3-4-7(9)5-6(2)8/h3,6H,1,4-5,8H2,2H3. The molecule has 0 aliphatic rings. The average Bonchev–Trinajstić information content (AvgIpc) is 1.63. The fraction of sp³-hybridized carbons (Fsp3) is 0.571. The third-order valence-electron chi connectivity index (χ3n) is 0.922. The molecule has 0 heterocycles. The Labute approximate surface area is 55.7 Å². The van der Waals surface area contributed by atoms with Crippen LogP contribution in [0.15, 0.2) is 12.7 Å². The zero-order valence-electron chi connectivity index (χ0n) is 5.76. The molecule has 9 heavy (non-hydrogen) atoms. The van der Waals surface area contributed by atoms with E-state index in [2.05, 4.69) is 6.58 Å². The molecule has 0 amide bonds. The number of allylic oxidation sites excluding steroid dienone is 1. The van der Waals surface area contributed by atoms with Crippen molar-refractivity contribution in [3.8, 4) is 0 Å². The van der Waals surface area contributed by atoms with Gasteiger partial charge in [0.15, 0.2) is 0 Å². The normalized spacial score (nSPS) is 12.7. The molecule has 0 spiro atoms. The average molecular weight is 127 g/mol. The highest BCUT2D eigenvalue weighted by atomic mass is 16.1. The summed E-state index contributed by atoms with van der Waals surface area (Å²) in [4.78, 5) is 10.7. The SMILES string of the molecule is C=CCC(=O)CC(C)N. The summed E-state index contributed by atoms with van der Waals surface area (Å²) in [7, 11) is 0. The highest BCUT2D eigenvalue weighted by molar-refractivity contribution is 5.80. The molecule has 2 N–H and O–H groups in total. The van der Waals surface area contributed by atoms with Crippen molar-refractivity contribution in [2.75, 3.05) is 0 Å². The van der Waals surface area contributed by atoms with Crippen molar-refractivity contribution in [2.24, 2.45) is 5.73 Å². The van der Waals surface area contributed by atoms with Crippen molar-refractivity contribution in [3.63, 3.8) is 0 Å². The summed E-state index contributed by atoms with van der Waals surface area (Å²) in [5.41, 5.74) is 5.37. The topological polar surface area (TPSA) is 43.1 Å². The van der Waals surface area contributed by atoms with Gasteiger partial charge in [-0.2, -0.15) is 0 Å². The van der Waals surface area contributed by atoms with Gasteiger partial charge in [-0.15, -0.1) is 6.58 Å². The van der Waals surface area contributed by atoms with Crippen LogP contribution in [0.4, 0.5) is 0 Å². The van der Waals surface area contributed by atoms with Crippen LogP contribution in [-0.2, 0) is 4.79 Å². The van der Waals surface area contributed by atoms with Gasteiger partial charge in [-0.25, -0.2) is 0 Å². The molecule has 2 heteroatoms. The number of hydrogen-bond donors (Lipinski definition) is 1. The molecule has 0 aliphatic heterocycles. The van der Waals surface area contributed by atoms with Crippen LogP contribution < -0.4 is 5.73 Å². The van der Waals surface area contributed by atoms with Gasteiger partial charge in [0.05, 0.1) is 0 Å². The number of carbonyl (C=O) groups is 1. The van der Waals surface area contributed by atoms with E-state index >= 15 is 0 Å². The van der Waals surface area contributed by atoms with Crippen LogP contribution >= 0.6 is 0 Å². The second-order valence-corrected chi connectivity index (χ2v) is 2.21. The lowest BCUT2D eigenvalue weighted by Gasteiger charge is -1.99. The Kier molecular flexibility index (Phi) is 3.97. The van der Waals surface area contributed by atoms with E-state index < -0.39 is 0 Å². The molecule has 0 rings (SSSR count). The summed E-state index contributed by atoms with van der Waals surface area (Å²) in [6, 6.07) is -0.0163. The van der Waals surface area contributed by atoms with E-state index in [0.29, 0.717) is 12.8 Å². The third kappa shape index (κ3) is 5.24. The Morgan fingerprint density at radius 3 is 2.78 bits per heavy atom. The maximum atomic E-state index is 10.7. The van der Waals surface area contributed by atoms with Crippen LogP contribution in [0.5, 0.6) is 0 Å². The Morgan fingerprint density at radius 1 is 1.89 bits per heavy atom. The van der Waals surface area contributed by atoms with Gasteiger partial charge >= 0.3 is 0 Å². The molecule has 0 saturated carbocycles. The lowest BCUT2D eigenvalue weighted by molar-refractivity contribution is -0.118. The van der Waals surface area contributed by atoms with Crippen molar-refractivity contribution in [3.05, 3.63) is 12.7 Å². The first-order valence-electron chi connectivity index (χ1n) is 3.05. The van der Waals surface area contributed by atoms with Crippen molar-refractivity contribution in [1.82, 2.24) is 0 Å². The van der Waals surface area contributed by atoms with Crippen molar-refractivity contribution < 1.29 is 4.79 Å². The summed E-state index contributed by atoms with van der Waals surface area (Å²) in [6.07, 6.45) is 2.51. The van der Waals surface area contributed by atoms with E-state index in [9.17, 15) is 4.79 Å². The predicted molar refractivity (Wildman–Crippen MR) is 38.1 cm³/mol. The summed E-state index contributed by atoms with van der Waals surface area (Å²) in [6.45, 7) is 5.27. The fourth-order valence-electron chi connectivity index (χ4n) is 0.603. The zero-order chi connectivity index (χ0) is 7.28. The highest BCUT2D eigenvalue weighted by Crippen LogP contribution is 1.92. The van der Waals surface area contributed by atoms with Gasteiger partial charge in [0.2, 0.25) is 0 Å². The van der Waals surface area contributed by atoms with Gasteiger partial charge in [-0.3, -0.25) is 4.79 Å². The molecular formula is C7H13NO. The van der Waals surface area contributed by atoms with Crippen LogP contribution in [0.1, 0.15) is 19.8 Å². The molecule has 0 bridgehead atoms. The van der Waals surface area contributed by atoms with Crippen LogP contribution in [0, 0.1) is 0 Å². The lowest BCUT2D eigenvalue weighted by atomic mass is 10.1. The number of Topliss-reactive ketones (excluding diaryl/α,β-unsaturated/α-hetero) is 1. The molecule has 1 atom stereocenters. The molecule has 0 aromatic carbocycles. The molecule has 2 nitrogen and oxygen atoms in total. The Hall–Kier alpha value is -0.630. The molecular weight excluding hydrogens is 114 g/mol. The largest absolute Gasteiger partial charge is 0.328 e. The second-order valence-electron chi connectivity index (χ2n) is 2.21. The van der Waals surface area contributed by atoms with Gasteiger partial charge in [0, 0.05) is 18.9 Å². The van der Waals surface area contributed by atoms with Gasteiger partial charge in [0.1, 0.15) is 5.78 Å². The fourth-order valence-corrected chi connectivity index (χ4v) is 0.603. The molecule has 0 aromatic rings. The van der Waals surface area contributed by atoms with Crippen LogP contribution in [0.2, 0.25) is 0 Å².